The zero-order valence-corrected chi connectivity index (χ0v) is 19.9. The smallest absolute Gasteiger partial charge is 0.229 e. The molecule has 0 amide bonds. The average molecular weight is 474 g/mol. The lowest BCUT2D eigenvalue weighted by Gasteiger charge is -2.32. The second kappa shape index (κ2) is 12.0. The molecule has 0 spiro atoms. The van der Waals surface area contributed by atoms with Crippen molar-refractivity contribution in [3.05, 3.63) is 60.3 Å². The number of ether oxygens (including phenoxy) is 1. The molecule has 1 saturated heterocycles. The van der Waals surface area contributed by atoms with Gasteiger partial charge in [-0.05, 0) is 49.4 Å². The van der Waals surface area contributed by atoms with Gasteiger partial charge >= 0.3 is 0 Å². The van der Waals surface area contributed by atoms with Gasteiger partial charge in [0.1, 0.15) is 5.82 Å². The number of aromatic nitrogens is 2. The third-order valence-electron chi connectivity index (χ3n) is 5.83. The minimum atomic E-state index is 0.101. The Morgan fingerprint density at radius 1 is 1.06 bits per heavy atom. The molecule has 1 aliphatic rings. The lowest BCUT2D eigenvalue weighted by molar-refractivity contribution is 0.145. The number of rotatable bonds is 10. The van der Waals surface area contributed by atoms with Gasteiger partial charge in [-0.1, -0.05) is 12.1 Å². The van der Waals surface area contributed by atoms with E-state index in [0.29, 0.717) is 36.2 Å². The predicted octanol–water partition coefficient (Wildman–Crippen LogP) is 3.75. The highest BCUT2D eigenvalue weighted by molar-refractivity contribution is 5.62. The zero-order chi connectivity index (χ0) is 24.5. The van der Waals surface area contributed by atoms with Crippen molar-refractivity contribution in [2.24, 2.45) is 0 Å². The predicted molar refractivity (Wildman–Crippen MR) is 137 cm³/mol. The third-order valence-corrected chi connectivity index (χ3v) is 5.83. The molecule has 1 fully saturated rings. The number of phenols is 1. The van der Waals surface area contributed by atoms with Crippen molar-refractivity contribution < 1.29 is 9.84 Å². The molecule has 1 aliphatic heterocycles. The number of hydrogen-bond donors (Lipinski definition) is 3. The van der Waals surface area contributed by atoms with Crippen molar-refractivity contribution in [3.8, 4) is 17.6 Å². The van der Waals surface area contributed by atoms with Gasteiger partial charge in [-0.15, -0.1) is 0 Å². The Morgan fingerprint density at radius 3 is 2.71 bits per heavy atom. The van der Waals surface area contributed by atoms with Crippen LogP contribution in [0.25, 0.3) is 0 Å². The zero-order valence-electron chi connectivity index (χ0n) is 19.9. The summed E-state index contributed by atoms with van der Waals surface area (Å²) in [6.45, 7) is 5.88. The van der Waals surface area contributed by atoms with Crippen LogP contribution in [0.4, 0.5) is 23.1 Å². The molecule has 3 N–H and O–H groups in total. The average Bonchev–Trinajstić information content (AvgIpc) is 2.85. The third kappa shape index (κ3) is 7.30. The maximum absolute atomic E-state index is 10.2. The highest BCUT2D eigenvalue weighted by atomic mass is 16.5. The summed E-state index contributed by atoms with van der Waals surface area (Å²) < 4.78 is 5.86. The Balaban J connectivity index is 1.32. The SMILES string of the molecule is CN1CCN(CCCOc2cc(Nc3nccc(Nc4cccc(CC#N)c4)n3)ccc2O)CC1. The molecular formula is C26H31N7O2. The van der Waals surface area contributed by atoms with Crippen molar-refractivity contribution in [1.29, 1.82) is 5.26 Å². The highest BCUT2D eigenvalue weighted by Crippen LogP contribution is 2.30. The summed E-state index contributed by atoms with van der Waals surface area (Å²) >= 11 is 0. The summed E-state index contributed by atoms with van der Waals surface area (Å²) in [5.74, 6) is 1.56. The van der Waals surface area contributed by atoms with Crippen LogP contribution in [-0.2, 0) is 6.42 Å². The van der Waals surface area contributed by atoms with Gasteiger partial charge < -0.3 is 30.3 Å². The van der Waals surface area contributed by atoms with Crippen LogP contribution in [0, 0.1) is 11.3 Å². The number of aromatic hydroxyl groups is 1. The monoisotopic (exact) mass is 473 g/mol. The van der Waals surface area contributed by atoms with Gasteiger partial charge in [-0.2, -0.15) is 10.2 Å². The normalized spacial score (nSPS) is 14.3. The Bertz CT molecular complexity index is 1160. The fourth-order valence-electron chi connectivity index (χ4n) is 3.87. The van der Waals surface area contributed by atoms with E-state index in [4.69, 9.17) is 10.00 Å². The van der Waals surface area contributed by atoms with E-state index in [2.05, 4.69) is 43.5 Å². The Labute approximate surface area is 206 Å². The van der Waals surface area contributed by atoms with Crippen molar-refractivity contribution >= 4 is 23.1 Å². The molecular weight excluding hydrogens is 442 g/mol. The molecule has 0 unspecified atom stereocenters. The summed E-state index contributed by atoms with van der Waals surface area (Å²) in [6.07, 6.45) is 2.91. The summed E-state index contributed by atoms with van der Waals surface area (Å²) in [4.78, 5) is 13.6. The highest BCUT2D eigenvalue weighted by Gasteiger charge is 2.13. The molecule has 9 nitrogen and oxygen atoms in total. The first-order valence-electron chi connectivity index (χ1n) is 11.8. The number of nitrogens with one attached hydrogen (secondary N) is 2. The van der Waals surface area contributed by atoms with Crippen LogP contribution in [0.2, 0.25) is 0 Å². The lowest BCUT2D eigenvalue weighted by atomic mass is 10.1. The van der Waals surface area contributed by atoms with E-state index in [1.54, 1.807) is 30.5 Å². The van der Waals surface area contributed by atoms with Crippen LogP contribution in [-0.4, -0.2) is 71.3 Å². The number of phenolic OH excluding ortho intramolecular Hbond substituents is 1. The van der Waals surface area contributed by atoms with Crippen LogP contribution in [0.3, 0.4) is 0 Å². The maximum Gasteiger partial charge on any atom is 0.229 e. The van der Waals surface area contributed by atoms with E-state index in [9.17, 15) is 5.11 Å². The summed E-state index contributed by atoms with van der Waals surface area (Å²) in [5.41, 5.74) is 2.49. The molecule has 1 aromatic heterocycles. The van der Waals surface area contributed by atoms with Gasteiger partial charge in [0.2, 0.25) is 5.95 Å². The van der Waals surface area contributed by atoms with Gasteiger partial charge in [-0.3, -0.25) is 0 Å². The molecule has 4 rings (SSSR count). The Kier molecular flexibility index (Phi) is 8.33. The van der Waals surface area contributed by atoms with Crippen LogP contribution in [0.15, 0.2) is 54.7 Å². The molecule has 2 heterocycles. The Morgan fingerprint density at radius 2 is 1.89 bits per heavy atom. The van der Waals surface area contributed by atoms with E-state index >= 15 is 0 Å². The first-order chi connectivity index (χ1) is 17.1. The van der Waals surface area contributed by atoms with Crippen molar-refractivity contribution in [2.75, 3.05) is 57.0 Å². The van der Waals surface area contributed by atoms with Gasteiger partial charge in [0.25, 0.3) is 0 Å². The van der Waals surface area contributed by atoms with Crippen LogP contribution < -0.4 is 15.4 Å². The second-order valence-electron chi connectivity index (χ2n) is 8.58. The number of nitrogens with zero attached hydrogens (tertiary/aromatic N) is 5. The summed E-state index contributed by atoms with van der Waals surface area (Å²) in [5, 5.41) is 25.5. The number of benzene rings is 2. The second-order valence-corrected chi connectivity index (χ2v) is 8.58. The minimum absolute atomic E-state index is 0.101. The summed E-state index contributed by atoms with van der Waals surface area (Å²) in [7, 11) is 2.15. The van der Waals surface area contributed by atoms with Gasteiger partial charge in [0.15, 0.2) is 11.5 Å². The van der Waals surface area contributed by atoms with Crippen LogP contribution in [0.1, 0.15) is 12.0 Å². The van der Waals surface area contributed by atoms with E-state index in [1.165, 1.54) is 0 Å². The van der Waals surface area contributed by atoms with E-state index < -0.39 is 0 Å². The van der Waals surface area contributed by atoms with E-state index in [1.807, 2.05) is 24.3 Å². The minimum Gasteiger partial charge on any atom is -0.504 e. The topological polar surface area (TPSA) is 110 Å². The van der Waals surface area contributed by atoms with Crippen LogP contribution >= 0.6 is 0 Å². The quantitative estimate of drug-likeness (QED) is 0.299. The largest absolute Gasteiger partial charge is 0.504 e. The van der Waals surface area contributed by atoms with Crippen LogP contribution in [0.5, 0.6) is 11.5 Å². The molecule has 0 saturated carbocycles. The summed E-state index contributed by atoms with van der Waals surface area (Å²) in [6, 6.07) is 16.7. The number of likely N-dealkylation sites (N-methyl/N-ethyl adjacent to an activating group) is 1. The lowest BCUT2D eigenvalue weighted by Crippen LogP contribution is -2.44. The fraction of sp³-hybridized carbons (Fsp3) is 0.346. The van der Waals surface area contributed by atoms with Crippen molar-refractivity contribution in [1.82, 2.24) is 19.8 Å². The molecule has 9 heteroatoms. The molecule has 0 radical (unpaired) electrons. The first kappa shape index (κ1) is 24.3. The molecule has 182 valence electrons. The molecule has 0 bridgehead atoms. The molecule has 0 atom stereocenters. The van der Waals surface area contributed by atoms with E-state index in [0.717, 1.165) is 50.4 Å². The van der Waals surface area contributed by atoms with E-state index in [-0.39, 0.29) is 5.75 Å². The number of hydrogen-bond acceptors (Lipinski definition) is 9. The maximum atomic E-state index is 10.2. The fourth-order valence-corrected chi connectivity index (χ4v) is 3.87. The Hall–Kier alpha value is -3.87. The van der Waals surface area contributed by atoms with Gasteiger partial charge in [-0.25, -0.2) is 4.98 Å². The van der Waals surface area contributed by atoms with Gasteiger partial charge in [0.05, 0.1) is 19.1 Å². The number of piperazine rings is 1. The van der Waals surface area contributed by atoms with Gasteiger partial charge in [0, 0.05) is 56.4 Å². The molecule has 35 heavy (non-hydrogen) atoms. The molecule has 0 aliphatic carbocycles. The molecule has 2 aromatic carbocycles. The van der Waals surface area contributed by atoms with Crippen molar-refractivity contribution in [2.45, 2.75) is 12.8 Å². The molecule has 3 aromatic rings. The number of anilines is 4. The standard InChI is InChI=1S/C26H31N7O2/c1-32-13-15-33(16-14-32)12-3-17-35-24-19-22(6-7-23(24)34)30-26-28-11-9-25(31-26)29-21-5-2-4-20(18-21)8-10-27/h2,4-7,9,11,18-19,34H,3,8,12-17H2,1H3,(H2,28,29,30,31). The first-order valence-corrected chi connectivity index (χ1v) is 11.8. The van der Waals surface area contributed by atoms with Crippen molar-refractivity contribution in [3.63, 3.8) is 0 Å². The number of nitriles is 1.